The Balaban J connectivity index is 2.57. The molecule has 0 bridgehead atoms. The predicted octanol–water partition coefficient (Wildman–Crippen LogP) is 1.23. The van der Waals surface area contributed by atoms with Gasteiger partial charge in [0.25, 0.3) is 0 Å². The highest BCUT2D eigenvalue weighted by Crippen LogP contribution is 2.27. The summed E-state index contributed by atoms with van der Waals surface area (Å²) in [4.78, 5) is 14.7. The number of amides is 1. The van der Waals surface area contributed by atoms with Gasteiger partial charge in [0.05, 0.1) is 23.3 Å². The lowest BCUT2D eigenvalue weighted by Gasteiger charge is -1.96. The second kappa shape index (κ2) is 2.20. The SMILES string of the molecule is O=C1Cc2c(Cl)cncc2N1. The van der Waals surface area contributed by atoms with Gasteiger partial charge < -0.3 is 5.32 Å². The third-order valence-electron chi connectivity index (χ3n) is 1.62. The zero-order valence-electron chi connectivity index (χ0n) is 5.60. The summed E-state index contributed by atoms with van der Waals surface area (Å²) >= 11 is 5.78. The van der Waals surface area contributed by atoms with Crippen molar-refractivity contribution in [3.8, 4) is 0 Å². The molecule has 56 valence electrons. The second-order valence-corrected chi connectivity index (χ2v) is 2.78. The first-order valence-electron chi connectivity index (χ1n) is 3.19. The summed E-state index contributed by atoms with van der Waals surface area (Å²) < 4.78 is 0. The minimum absolute atomic E-state index is 0.0186. The number of fused-ring (bicyclic) bond motifs is 1. The molecule has 1 aromatic rings. The zero-order valence-corrected chi connectivity index (χ0v) is 6.35. The molecule has 1 aromatic heterocycles. The maximum Gasteiger partial charge on any atom is 0.228 e. The Bertz CT molecular complexity index is 324. The zero-order chi connectivity index (χ0) is 7.84. The number of halogens is 1. The van der Waals surface area contributed by atoms with Gasteiger partial charge in [0.2, 0.25) is 5.91 Å². The van der Waals surface area contributed by atoms with E-state index in [1.165, 1.54) is 0 Å². The molecule has 1 amide bonds. The van der Waals surface area contributed by atoms with Crippen LogP contribution in [0.4, 0.5) is 5.69 Å². The topological polar surface area (TPSA) is 42.0 Å². The van der Waals surface area contributed by atoms with E-state index in [1.54, 1.807) is 12.4 Å². The second-order valence-electron chi connectivity index (χ2n) is 2.37. The standard InChI is InChI=1S/C7H5ClN2O/c8-5-2-9-3-6-4(5)1-7(11)10-6/h2-3H,1H2,(H,10,11). The van der Waals surface area contributed by atoms with Crippen LogP contribution in [0.25, 0.3) is 0 Å². The van der Waals surface area contributed by atoms with E-state index in [4.69, 9.17) is 11.6 Å². The summed E-state index contributed by atoms with van der Waals surface area (Å²) in [5, 5.41) is 3.21. The molecule has 0 aromatic carbocycles. The fraction of sp³-hybridized carbons (Fsp3) is 0.143. The van der Waals surface area contributed by atoms with E-state index >= 15 is 0 Å². The van der Waals surface area contributed by atoms with E-state index in [0.29, 0.717) is 11.4 Å². The molecule has 0 fully saturated rings. The number of rotatable bonds is 0. The van der Waals surface area contributed by atoms with Crippen molar-refractivity contribution in [1.29, 1.82) is 0 Å². The van der Waals surface area contributed by atoms with E-state index in [0.717, 1.165) is 11.3 Å². The number of aromatic nitrogens is 1. The van der Waals surface area contributed by atoms with Crippen molar-refractivity contribution in [3.63, 3.8) is 0 Å². The third-order valence-corrected chi connectivity index (χ3v) is 1.94. The minimum Gasteiger partial charge on any atom is -0.324 e. The quantitative estimate of drug-likeness (QED) is 0.633. The molecule has 3 nitrogen and oxygen atoms in total. The van der Waals surface area contributed by atoms with Crippen LogP contribution >= 0.6 is 11.6 Å². The summed E-state index contributed by atoms with van der Waals surface area (Å²) in [7, 11) is 0. The van der Waals surface area contributed by atoms with Crippen molar-refractivity contribution in [2.75, 3.05) is 5.32 Å². The molecular formula is C7H5ClN2O. The number of carbonyl (C=O) groups is 1. The molecular weight excluding hydrogens is 164 g/mol. The number of nitrogens with one attached hydrogen (secondary N) is 1. The highest BCUT2D eigenvalue weighted by molar-refractivity contribution is 6.32. The minimum atomic E-state index is -0.0186. The third kappa shape index (κ3) is 0.973. The van der Waals surface area contributed by atoms with Gasteiger partial charge >= 0.3 is 0 Å². The maximum absolute atomic E-state index is 10.9. The summed E-state index contributed by atoms with van der Waals surface area (Å²) in [5.74, 6) is -0.0186. The van der Waals surface area contributed by atoms with Gasteiger partial charge in [-0.2, -0.15) is 0 Å². The van der Waals surface area contributed by atoms with E-state index in [1.807, 2.05) is 0 Å². The first kappa shape index (κ1) is 6.61. The lowest BCUT2D eigenvalue weighted by molar-refractivity contribution is -0.115. The van der Waals surface area contributed by atoms with Gasteiger partial charge in [-0.15, -0.1) is 0 Å². The normalized spacial score (nSPS) is 14.5. The smallest absolute Gasteiger partial charge is 0.228 e. The van der Waals surface area contributed by atoms with Crippen LogP contribution < -0.4 is 5.32 Å². The van der Waals surface area contributed by atoms with Gasteiger partial charge in [-0.3, -0.25) is 9.78 Å². The van der Waals surface area contributed by atoms with Gasteiger partial charge in [0.15, 0.2) is 0 Å². The Morgan fingerprint density at radius 2 is 2.36 bits per heavy atom. The van der Waals surface area contributed by atoms with Crippen molar-refractivity contribution < 1.29 is 4.79 Å². The van der Waals surface area contributed by atoms with Gasteiger partial charge in [0.1, 0.15) is 0 Å². The molecule has 0 saturated carbocycles. The molecule has 1 aliphatic rings. The number of hydrogen-bond acceptors (Lipinski definition) is 2. The first-order valence-corrected chi connectivity index (χ1v) is 3.57. The Morgan fingerprint density at radius 3 is 3.09 bits per heavy atom. The van der Waals surface area contributed by atoms with Gasteiger partial charge in [-0.1, -0.05) is 11.6 Å². The van der Waals surface area contributed by atoms with Gasteiger partial charge in [0, 0.05) is 11.8 Å². The summed E-state index contributed by atoms with van der Waals surface area (Å²) in [6, 6.07) is 0. The average molecular weight is 169 g/mol. The number of nitrogens with zero attached hydrogens (tertiary/aromatic N) is 1. The first-order chi connectivity index (χ1) is 5.27. The molecule has 0 spiro atoms. The molecule has 4 heteroatoms. The predicted molar refractivity (Wildman–Crippen MR) is 41.6 cm³/mol. The molecule has 2 rings (SSSR count). The summed E-state index contributed by atoms with van der Waals surface area (Å²) in [6.45, 7) is 0. The van der Waals surface area contributed by atoms with Crippen molar-refractivity contribution in [1.82, 2.24) is 4.98 Å². The van der Waals surface area contributed by atoms with Crippen molar-refractivity contribution in [2.24, 2.45) is 0 Å². The number of carbonyl (C=O) groups excluding carboxylic acids is 1. The van der Waals surface area contributed by atoms with Crippen LogP contribution in [0.5, 0.6) is 0 Å². The van der Waals surface area contributed by atoms with Crippen LogP contribution in [0.2, 0.25) is 5.02 Å². The van der Waals surface area contributed by atoms with E-state index in [9.17, 15) is 4.79 Å². The molecule has 1 aliphatic heterocycles. The largest absolute Gasteiger partial charge is 0.324 e. The lowest BCUT2D eigenvalue weighted by atomic mass is 10.2. The molecule has 1 N–H and O–H groups in total. The molecule has 0 radical (unpaired) electrons. The van der Waals surface area contributed by atoms with Crippen LogP contribution in [-0.4, -0.2) is 10.9 Å². The Labute approximate surface area is 68.4 Å². The average Bonchev–Trinajstić information content (AvgIpc) is 2.31. The highest BCUT2D eigenvalue weighted by Gasteiger charge is 2.19. The van der Waals surface area contributed by atoms with Crippen molar-refractivity contribution >= 4 is 23.2 Å². The monoisotopic (exact) mass is 168 g/mol. The lowest BCUT2D eigenvalue weighted by Crippen LogP contribution is -2.03. The molecule has 11 heavy (non-hydrogen) atoms. The number of anilines is 1. The fourth-order valence-corrected chi connectivity index (χ4v) is 1.33. The fourth-order valence-electron chi connectivity index (χ4n) is 1.10. The molecule has 0 aliphatic carbocycles. The van der Waals surface area contributed by atoms with Gasteiger partial charge in [-0.05, 0) is 0 Å². The Morgan fingerprint density at radius 1 is 1.55 bits per heavy atom. The van der Waals surface area contributed by atoms with Crippen molar-refractivity contribution in [3.05, 3.63) is 23.0 Å². The number of pyridine rings is 1. The maximum atomic E-state index is 10.9. The van der Waals surface area contributed by atoms with Crippen LogP contribution in [0.3, 0.4) is 0 Å². The van der Waals surface area contributed by atoms with Crippen LogP contribution in [0.15, 0.2) is 12.4 Å². The summed E-state index contributed by atoms with van der Waals surface area (Å²) in [5.41, 5.74) is 1.59. The molecule has 2 heterocycles. The number of hydrogen-bond donors (Lipinski definition) is 1. The summed E-state index contributed by atoms with van der Waals surface area (Å²) in [6.07, 6.45) is 3.52. The molecule has 0 unspecified atom stereocenters. The van der Waals surface area contributed by atoms with Crippen LogP contribution in [-0.2, 0) is 11.2 Å². The molecule has 0 saturated heterocycles. The Hall–Kier alpha value is -1.09. The molecule has 0 atom stereocenters. The van der Waals surface area contributed by atoms with Gasteiger partial charge in [-0.25, -0.2) is 0 Å². The van der Waals surface area contributed by atoms with Crippen LogP contribution in [0.1, 0.15) is 5.56 Å². The van der Waals surface area contributed by atoms with E-state index in [-0.39, 0.29) is 5.91 Å². The highest BCUT2D eigenvalue weighted by atomic mass is 35.5. The van der Waals surface area contributed by atoms with Crippen LogP contribution in [0, 0.1) is 0 Å². The Kier molecular flexibility index (Phi) is 1.32. The van der Waals surface area contributed by atoms with Crippen molar-refractivity contribution in [2.45, 2.75) is 6.42 Å². The van der Waals surface area contributed by atoms with E-state index < -0.39 is 0 Å². The van der Waals surface area contributed by atoms with E-state index in [2.05, 4.69) is 10.3 Å².